The van der Waals surface area contributed by atoms with Gasteiger partial charge in [-0.2, -0.15) is 5.10 Å². The number of carbonyl (C=O) groups is 1. The third-order valence-corrected chi connectivity index (χ3v) is 4.61. The maximum Gasteiger partial charge on any atom is 0.344 e. The van der Waals surface area contributed by atoms with Crippen LogP contribution in [-0.4, -0.2) is 35.3 Å². The van der Waals surface area contributed by atoms with Crippen molar-refractivity contribution in [3.05, 3.63) is 53.3 Å². The minimum atomic E-state index is -0.518. The van der Waals surface area contributed by atoms with Crippen LogP contribution in [0.4, 0.5) is 11.5 Å². The lowest BCUT2D eigenvalue weighted by atomic mass is 10.2. The van der Waals surface area contributed by atoms with Gasteiger partial charge in [-0.1, -0.05) is 0 Å². The third kappa shape index (κ3) is 6.57. The van der Waals surface area contributed by atoms with Crippen molar-refractivity contribution in [3.63, 3.8) is 0 Å². The Kier molecular flexibility index (Phi) is 8.15. The average Bonchev–Trinajstić information content (AvgIpc) is 2.61. The second-order valence-corrected chi connectivity index (χ2v) is 7.26. The molecule has 1 N–H and O–H groups in total. The van der Waals surface area contributed by atoms with Gasteiger partial charge < -0.3 is 9.47 Å². The van der Waals surface area contributed by atoms with Crippen molar-refractivity contribution < 1.29 is 19.2 Å². The van der Waals surface area contributed by atoms with E-state index in [4.69, 9.17) is 9.47 Å². The summed E-state index contributed by atoms with van der Waals surface area (Å²) >= 11 is 4.23. The molecule has 1 aromatic heterocycles. The number of nitrogens with zero attached hydrogens (tertiary/aromatic N) is 3. The first-order valence-electron chi connectivity index (χ1n) is 7.57. The Bertz CT molecular complexity index is 835. The van der Waals surface area contributed by atoms with E-state index in [-0.39, 0.29) is 12.3 Å². The molecule has 1 aromatic carbocycles. The van der Waals surface area contributed by atoms with E-state index in [2.05, 4.69) is 60.7 Å². The molecule has 0 saturated heterocycles. The number of pyridine rings is 1. The number of benzene rings is 1. The Morgan fingerprint density at radius 1 is 1.37 bits per heavy atom. The van der Waals surface area contributed by atoms with E-state index >= 15 is 0 Å². The number of hydrazone groups is 1. The van der Waals surface area contributed by atoms with Gasteiger partial charge in [0.1, 0.15) is 17.8 Å². The molecule has 2 rings (SSSR count). The second kappa shape index (κ2) is 10.3. The van der Waals surface area contributed by atoms with Gasteiger partial charge in [0.25, 0.3) is 5.69 Å². The summed E-state index contributed by atoms with van der Waals surface area (Å²) in [5.41, 5.74) is 3.42. The second-order valence-electron chi connectivity index (χ2n) is 4.94. The topological polar surface area (TPSA) is 116 Å². The molecule has 0 unspecified atom stereocenters. The fourth-order valence-electron chi connectivity index (χ4n) is 1.86. The van der Waals surface area contributed by atoms with Crippen LogP contribution in [0.5, 0.6) is 5.75 Å². The number of aromatic nitrogens is 1. The molecule has 0 saturated carbocycles. The average molecular weight is 596 g/mol. The van der Waals surface area contributed by atoms with E-state index in [9.17, 15) is 14.9 Å². The van der Waals surface area contributed by atoms with Crippen LogP contribution in [0.2, 0.25) is 0 Å². The zero-order chi connectivity index (χ0) is 19.8. The summed E-state index contributed by atoms with van der Waals surface area (Å²) in [7, 11) is 0. The fraction of sp³-hybridized carbons (Fsp3) is 0.188. The molecule has 0 atom stereocenters. The molecule has 9 nitrogen and oxygen atoms in total. The van der Waals surface area contributed by atoms with Crippen molar-refractivity contribution in [3.8, 4) is 5.75 Å². The smallest absolute Gasteiger partial charge is 0.344 e. The highest BCUT2D eigenvalue weighted by Gasteiger charge is 2.11. The van der Waals surface area contributed by atoms with E-state index in [0.29, 0.717) is 18.2 Å². The number of hydrogen-bond donors (Lipinski definition) is 1. The van der Waals surface area contributed by atoms with Crippen molar-refractivity contribution in [2.24, 2.45) is 5.10 Å². The van der Waals surface area contributed by atoms with Crippen LogP contribution in [0.15, 0.2) is 35.6 Å². The molecular formula is C16H14I2N4O5. The van der Waals surface area contributed by atoms with Crippen LogP contribution in [-0.2, 0) is 9.53 Å². The van der Waals surface area contributed by atoms with Gasteiger partial charge in [-0.25, -0.2) is 9.78 Å². The van der Waals surface area contributed by atoms with Gasteiger partial charge in [0.2, 0.25) is 0 Å². The molecule has 142 valence electrons. The molecule has 0 amide bonds. The zero-order valence-electron chi connectivity index (χ0n) is 14.0. The Morgan fingerprint density at radius 3 is 2.63 bits per heavy atom. The van der Waals surface area contributed by atoms with E-state index < -0.39 is 10.9 Å². The summed E-state index contributed by atoms with van der Waals surface area (Å²) < 4.78 is 12.0. The van der Waals surface area contributed by atoms with Gasteiger partial charge in [0, 0.05) is 6.07 Å². The normalized spacial score (nSPS) is 10.6. The number of halogens is 2. The summed E-state index contributed by atoms with van der Waals surface area (Å²) in [5, 5.41) is 14.7. The van der Waals surface area contributed by atoms with Crippen molar-refractivity contribution >= 4 is 68.9 Å². The minimum absolute atomic E-state index is 0.0907. The molecule has 0 aliphatic carbocycles. The first-order chi connectivity index (χ1) is 12.9. The molecule has 27 heavy (non-hydrogen) atoms. The van der Waals surface area contributed by atoms with Crippen LogP contribution in [0.3, 0.4) is 0 Å². The molecule has 11 heteroatoms. The molecule has 0 aliphatic rings. The summed E-state index contributed by atoms with van der Waals surface area (Å²) in [4.78, 5) is 25.4. The number of nitro groups is 1. The highest BCUT2D eigenvalue weighted by atomic mass is 127. The molecule has 0 aliphatic heterocycles. The van der Waals surface area contributed by atoms with Gasteiger partial charge in [0.05, 0.1) is 24.9 Å². The molecule has 0 fully saturated rings. The van der Waals surface area contributed by atoms with Crippen LogP contribution in [0, 0.1) is 17.3 Å². The highest BCUT2D eigenvalue weighted by molar-refractivity contribution is 14.1. The van der Waals surface area contributed by atoms with Crippen LogP contribution in [0.25, 0.3) is 0 Å². The van der Waals surface area contributed by atoms with Gasteiger partial charge in [0.15, 0.2) is 6.61 Å². The first-order valence-corrected chi connectivity index (χ1v) is 9.73. The fourth-order valence-corrected chi connectivity index (χ4v) is 3.99. The van der Waals surface area contributed by atoms with Gasteiger partial charge in [-0.3, -0.25) is 15.5 Å². The number of anilines is 1. The Balaban J connectivity index is 2.01. The van der Waals surface area contributed by atoms with Gasteiger partial charge in [-0.15, -0.1) is 0 Å². The quantitative estimate of drug-likeness (QED) is 0.163. The number of rotatable bonds is 8. The molecule has 1 heterocycles. The van der Waals surface area contributed by atoms with Crippen molar-refractivity contribution in [2.75, 3.05) is 18.6 Å². The van der Waals surface area contributed by atoms with Crippen LogP contribution in [0.1, 0.15) is 12.5 Å². The molecule has 0 radical (unpaired) electrons. The first kappa shape index (κ1) is 21.3. The Labute approximate surface area is 182 Å². The van der Waals surface area contributed by atoms with E-state index in [1.807, 2.05) is 12.1 Å². The Hall–Kier alpha value is -2.03. The lowest BCUT2D eigenvalue weighted by Gasteiger charge is -2.10. The summed E-state index contributed by atoms with van der Waals surface area (Å²) in [6.07, 6.45) is 2.74. The van der Waals surface area contributed by atoms with Crippen molar-refractivity contribution in [1.82, 2.24) is 4.98 Å². The standard InChI is InChI=1S/C16H14I2N4O5/c1-2-26-15(23)9-27-16-12(17)5-10(6-13(16)18)7-20-21-14-4-3-11(8-19-14)22(24)25/h3-8H,2,9H2,1H3,(H,19,21)/b20-7+. The maximum absolute atomic E-state index is 11.4. The number of hydrogen-bond acceptors (Lipinski definition) is 8. The molecule has 0 bridgehead atoms. The third-order valence-electron chi connectivity index (χ3n) is 3.01. The number of ether oxygens (including phenoxy) is 2. The number of nitrogens with one attached hydrogen (secondary N) is 1. The monoisotopic (exact) mass is 596 g/mol. The largest absolute Gasteiger partial charge is 0.480 e. The molecular weight excluding hydrogens is 582 g/mol. The van der Waals surface area contributed by atoms with Crippen LogP contribution < -0.4 is 10.2 Å². The van der Waals surface area contributed by atoms with Gasteiger partial charge in [-0.05, 0) is 75.9 Å². The summed E-state index contributed by atoms with van der Waals surface area (Å²) in [5.74, 6) is 0.566. The summed E-state index contributed by atoms with van der Waals surface area (Å²) in [6.45, 7) is 1.89. The summed E-state index contributed by atoms with van der Waals surface area (Å²) in [6, 6.07) is 6.50. The SMILES string of the molecule is CCOC(=O)COc1c(I)cc(/C=N/Nc2ccc([N+](=O)[O-])cn2)cc1I. The van der Waals surface area contributed by atoms with Crippen molar-refractivity contribution in [2.45, 2.75) is 6.92 Å². The lowest BCUT2D eigenvalue weighted by molar-refractivity contribution is -0.385. The molecule has 0 spiro atoms. The number of carbonyl (C=O) groups excluding carboxylic acids is 1. The minimum Gasteiger partial charge on any atom is -0.480 e. The Morgan fingerprint density at radius 2 is 2.07 bits per heavy atom. The van der Waals surface area contributed by atoms with Crippen molar-refractivity contribution in [1.29, 1.82) is 0 Å². The van der Waals surface area contributed by atoms with E-state index in [0.717, 1.165) is 18.9 Å². The van der Waals surface area contributed by atoms with Crippen LogP contribution >= 0.6 is 45.2 Å². The molecule has 2 aromatic rings. The lowest BCUT2D eigenvalue weighted by Crippen LogP contribution is -2.15. The predicted molar refractivity (Wildman–Crippen MR) is 116 cm³/mol. The van der Waals surface area contributed by atoms with Gasteiger partial charge >= 0.3 is 5.97 Å². The zero-order valence-corrected chi connectivity index (χ0v) is 18.3. The maximum atomic E-state index is 11.4. The predicted octanol–water partition coefficient (Wildman–Crippen LogP) is 3.59. The number of esters is 1. The highest BCUT2D eigenvalue weighted by Crippen LogP contribution is 2.28. The van der Waals surface area contributed by atoms with E-state index in [1.165, 1.54) is 12.1 Å². The van der Waals surface area contributed by atoms with E-state index in [1.54, 1.807) is 13.1 Å².